The van der Waals surface area contributed by atoms with Crippen LogP contribution in [-0.2, 0) is 27.5 Å². The van der Waals surface area contributed by atoms with E-state index in [1.807, 2.05) is 9.80 Å². The van der Waals surface area contributed by atoms with E-state index in [0.717, 1.165) is 45.3 Å². The molecule has 148 valence electrons. The first kappa shape index (κ1) is 18.4. The quantitative estimate of drug-likeness (QED) is 0.702. The van der Waals surface area contributed by atoms with Gasteiger partial charge in [-0.25, -0.2) is 0 Å². The minimum absolute atomic E-state index is 0.112. The maximum Gasteiger partial charge on any atom is 0.245 e. The molecule has 0 spiro atoms. The lowest BCUT2D eigenvalue weighted by Gasteiger charge is -2.36. The Morgan fingerprint density at radius 1 is 1.11 bits per heavy atom. The normalized spacial score (nSPS) is 23.8. The van der Waals surface area contributed by atoms with Gasteiger partial charge in [0.05, 0.1) is 6.54 Å². The Labute approximate surface area is 158 Å². The zero-order valence-corrected chi connectivity index (χ0v) is 15.8. The van der Waals surface area contributed by atoms with Gasteiger partial charge in [0.2, 0.25) is 17.7 Å². The first-order chi connectivity index (χ1) is 13.2. The Balaban J connectivity index is 1.28. The third-order valence-electron chi connectivity index (χ3n) is 5.57. The highest BCUT2D eigenvalue weighted by atomic mass is 16.5. The Morgan fingerprint density at radius 2 is 1.89 bits per heavy atom. The first-order valence-corrected chi connectivity index (χ1v) is 9.77. The molecule has 9 nitrogen and oxygen atoms in total. The van der Waals surface area contributed by atoms with Gasteiger partial charge in [-0.2, -0.15) is 4.98 Å². The van der Waals surface area contributed by atoms with Crippen LogP contribution in [0.1, 0.15) is 37.4 Å². The molecule has 1 unspecified atom stereocenters. The Kier molecular flexibility index (Phi) is 5.40. The van der Waals surface area contributed by atoms with Crippen LogP contribution in [0.4, 0.5) is 0 Å². The zero-order chi connectivity index (χ0) is 18.8. The number of hydrogen-bond donors (Lipinski definition) is 0. The van der Waals surface area contributed by atoms with E-state index < -0.39 is 0 Å². The van der Waals surface area contributed by atoms with E-state index in [1.54, 1.807) is 7.11 Å². The van der Waals surface area contributed by atoms with Crippen LogP contribution >= 0.6 is 0 Å². The second kappa shape index (κ2) is 7.93. The van der Waals surface area contributed by atoms with Crippen LogP contribution in [0.2, 0.25) is 0 Å². The summed E-state index contributed by atoms with van der Waals surface area (Å²) in [6.45, 7) is 4.50. The molecule has 0 N–H and O–H groups in total. The number of amides is 2. The smallest absolute Gasteiger partial charge is 0.245 e. The maximum atomic E-state index is 13.0. The van der Waals surface area contributed by atoms with Crippen molar-refractivity contribution in [1.29, 1.82) is 0 Å². The van der Waals surface area contributed by atoms with Crippen LogP contribution in [0.15, 0.2) is 4.52 Å². The summed E-state index contributed by atoms with van der Waals surface area (Å²) >= 11 is 0. The Hall–Kier alpha value is -2.00. The largest absolute Gasteiger partial charge is 0.377 e. The molecule has 3 fully saturated rings. The van der Waals surface area contributed by atoms with E-state index in [1.165, 1.54) is 0 Å². The molecular weight excluding hydrogens is 350 g/mol. The molecule has 1 atom stereocenters. The fourth-order valence-electron chi connectivity index (χ4n) is 3.92. The molecule has 3 aliphatic rings. The van der Waals surface area contributed by atoms with Gasteiger partial charge in [0, 0.05) is 45.8 Å². The highest BCUT2D eigenvalue weighted by molar-refractivity contribution is 5.90. The SMILES string of the molecule is COCc1noc(CN2CCN(C(=O)C3CCCN3C(=O)C3CC3)CC2)n1. The van der Waals surface area contributed by atoms with Crippen LogP contribution in [0.5, 0.6) is 0 Å². The van der Waals surface area contributed by atoms with Crippen molar-refractivity contribution in [3.63, 3.8) is 0 Å². The summed E-state index contributed by atoms with van der Waals surface area (Å²) < 4.78 is 10.2. The van der Waals surface area contributed by atoms with Crippen LogP contribution in [0.3, 0.4) is 0 Å². The minimum atomic E-state index is -0.253. The predicted octanol–water partition coefficient (Wildman–Crippen LogP) is 0.261. The van der Waals surface area contributed by atoms with E-state index in [2.05, 4.69) is 15.0 Å². The Morgan fingerprint density at radius 3 is 2.59 bits per heavy atom. The van der Waals surface area contributed by atoms with Crippen LogP contribution in [0, 0.1) is 5.92 Å². The van der Waals surface area contributed by atoms with Gasteiger partial charge in [-0.3, -0.25) is 14.5 Å². The molecule has 9 heteroatoms. The van der Waals surface area contributed by atoms with Gasteiger partial charge in [0.1, 0.15) is 12.6 Å². The molecule has 2 saturated heterocycles. The van der Waals surface area contributed by atoms with Crippen molar-refractivity contribution in [1.82, 2.24) is 24.8 Å². The summed E-state index contributed by atoms with van der Waals surface area (Å²) in [6, 6.07) is -0.253. The van der Waals surface area contributed by atoms with E-state index >= 15 is 0 Å². The van der Waals surface area contributed by atoms with Crippen molar-refractivity contribution >= 4 is 11.8 Å². The molecule has 2 aliphatic heterocycles. The molecule has 0 bridgehead atoms. The first-order valence-electron chi connectivity index (χ1n) is 9.77. The van der Waals surface area contributed by atoms with Crippen molar-refractivity contribution in [3.05, 3.63) is 11.7 Å². The van der Waals surface area contributed by atoms with E-state index in [0.29, 0.717) is 38.0 Å². The van der Waals surface area contributed by atoms with Gasteiger partial charge < -0.3 is 19.1 Å². The summed E-state index contributed by atoms with van der Waals surface area (Å²) in [7, 11) is 1.59. The molecule has 0 aromatic carbocycles. The number of nitrogens with zero attached hydrogens (tertiary/aromatic N) is 5. The summed E-state index contributed by atoms with van der Waals surface area (Å²) in [5.74, 6) is 1.59. The summed E-state index contributed by atoms with van der Waals surface area (Å²) in [6.07, 6.45) is 3.69. The number of piperazine rings is 1. The third kappa shape index (κ3) is 4.14. The molecule has 4 rings (SSSR count). The lowest BCUT2D eigenvalue weighted by atomic mass is 10.1. The van der Waals surface area contributed by atoms with Crippen LogP contribution in [-0.4, -0.2) is 82.5 Å². The lowest BCUT2D eigenvalue weighted by molar-refractivity contribution is -0.145. The van der Waals surface area contributed by atoms with E-state index in [9.17, 15) is 9.59 Å². The van der Waals surface area contributed by atoms with Crippen LogP contribution < -0.4 is 0 Å². The fraction of sp³-hybridized carbons (Fsp3) is 0.778. The van der Waals surface area contributed by atoms with E-state index in [4.69, 9.17) is 9.26 Å². The number of carbonyl (C=O) groups is 2. The predicted molar refractivity (Wildman–Crippen MR) is 94.3 cm³/mol. The highest BCUT2D eigenvalue weighted by Crippen LogP contribution is 2.34. The highest BCUT2D eigenvalue weighted by Gasteiger charge is 2.42. The zero-order valence-electron chi connectivity index (χ0n) is 15.8. The summed E-state index contributed by atoms with van der Waals surface area (Å²) in [4.78, 5) is 35.6. The molecule has 3 heterocycles. The third-order valence-corrected chi connectivity index (χ3v) is 5.57. The molecule has 2 amide bonds. The maximum absolute atomic E-state index is 13.0. The number of hydrogen-bond acceptors (Lipinski definition) is 7. The van der Waals surface area contributed by atoms with E-state index in [-0.39, 0.29) is 23.8 Å². The number of aromatic nitrogens is 2. The van der Waals surface area contributed by atoms with Gasteiger partial charge >= 0.3 is 0 Å². The van der Waals surface area contributed by atoms with Gasteiger partial charge in [-0.15, -0.1) is 0 Å². The van der Waals surface area contributed by atoms with Crippen molar-refractivity contribution < 1.29 is 18.8 Å². The molecule has 1 aromatic heterocycles. The summed E-state index contributed by atoms with van der Waals surface area (Å²) in [5, 5.41) is 3.87. The fourth-order valence-corrected chi connectivity index (χ4v) is 3.92. The average Bonchev–Trinajstić information content (AvgIpc) is 3.25. The Bertz CT molecular complexity index is 681. The molecular formula is C18H27N5O4. The molecule has 1 aromatic rings. The van der Waals surface area contributed by atoms with Crippen LogP contribution in [0.25, 0.3) is 0 Å². The molecule has 27 heavy (non-hydrogen) atoms. The molecule has 1 aliphatic carbocycles. The van der Waals surface area contributed by atoms with Gasteiger partial charge in [-0.05, 0) is 25.7 Å². The van der Waals surface area contributed by atoms with Gasteiger partial charge in [-0.1, -0.05) is 5.16 Å². The van der Waals surface area contributed by atoms with Crippen molar-refractivity contribution in [3.8, 4) is 0 Å². The van der Waals surface area contributed by atoms with Crippen molar-refractivity contribution in [2.75, 3.05) is 39.8 Å². The number of methoxy groups -OCH3 is 1. The monoisotopic (exact) mass is 377 g/mol. The number of likely N-dealkylation sites (tertiary alicyclic amines) is 1. The molecule has 1 saturated carbocycles. The second-order valence-electron chi connectivity index (χ2n) is 7.60. The van der Waals surface area contributed by atoms with Crippen molar-refractivity contribution in [2.45, 2.75) is 44.9 Å². The lowest BCUT2D eigenvalue weighted by Crippen LogP contribution is -2.54. The number of rotatable bonds is 6. The number of carbonyl (C=O) groups excluding carboxylic acids is 2. The number of ether oxygens (including phenoxy) is 1. The average molecular weight is 377 g/mol. The molecule has 0 radical (unpaired) electrons. The second-order valence-corrected chi connectivity index (χ2v) is 7.60. The van der Waals surface area contributed by atoms with Gasteiger partial charge in [0.25, 0.3) is 0 Å². The minimum Gasteiger partial charge on any atom is -0.377 e. The summed E-state index contributed by atoms with van der Waals surface area (Å²) in [5.41, 5.74) is 0. The standard InChI is InChI=1S/C18H27N5O4/c1-26-12-15-19-16(27-20-15)11-21-7-9-22(10-8-21)18(25)14-3-2-6-23(14)17(24)13-4-5-13/h13-14H,2-12H2,1H3. The van der Waals surface area contributed by atoms with Gasteiger partial charge in [0.15, 0.2) is 5.82 Å². The van der Waals surface area contributed by atoms with Crippen molar-refractivity contribution in [2.24, 2.45) is 5.92 Å². The topological polar surface area (TPSA) is 92.0 Å².